The number of benzene rings is 8. The summed E-state index contributed by atoms with van der Waals surface area (Å²) < 4.78 is 195. The van der Waals surface area contributed by atoms with Gasteiger partial charge in [0.25, 0.3) is 0 Å². The Morgan fingerprint density at radius 2 is 0.577 bits per heavy atom. The first-order valence-electron chi connectivity index (χ1n) is 50.3. The Bertz CT molecular complexity index is 5090. The smallest absolute Gasteiger partial charge is 0.314 e. The number of halogens is 16. The number of ether oxygens (including phenoxy) is 1. The normalized spacial score (nSPS) is 22.5. The fraction of sp³-hybridized carbons (Fsp3) is 0.504. The maximum atomic E-state index is 13.7. The third-order valence-corrected chi connectivity index (χ3v) is 30.3. The highest BCUT2D eigenvalue weighted by Crippen LogP contribution is 2.42. The van der Waals surface area contributed by atoms with E-state index in [4.69, 9.17) is 27.9 Å². The zero-order valence-electron chi connectivity index (χ0n) is 83.6. The van der Waals surface area contributed by atoms with Crippen molar-refractivity contribution in [3.63, 3.8) is 0 Å². The fourth-order valence-electron chi connectivity index (χ4n) is 19.0. The summed E-state index contributed by atoms with van der Waals surface area (Å²) in [4.78, 5) is 11.9. The molecule has 0 aliphatic heterocycles. The molecule has 0 spiro atoms. The van der Waals surface area contributed by atoms with E-state index in [-0.39, 0.29) is 44.6 Å². The highest BCUT2D eigenvalue weighted by molar-refractivity contribution is 6.33. The average molecular weight is 1950 g/mol. The van der Waals surface area contributed by atoms with E-state index in [9.17, 15) is 66.3 Å². The lowest BCUT2D eigenvalue weighted by atomic mass is 9.80. The molecule has 0 aromatic heterocycles. The van der Waals surface area contributed by atoms with E-state index < -0.39 is 75.8 Å². The molecule has 2 nitrogen and oxygen atoms in total. The van der Waals surface area contributed by atoms with Crippen LogP contribution in [0.15, 0.2) is 127 Å². The maximum absolute atomic E-state index is 13.7. The van der Waals surface area contributed by atoms with Crippen molar-refractivity contribution in [2.45, 2.75) is 316 Å². The second-order valence-corrected chi connectivity index (χ2v) is 42.0. The summed E-state index contributed by atoms with van der Waals surface area (Å²) in [5, 5.41) is 0.557. The van der Waals surface area contributed by atoms with Gasteiger partial charge >= 0.3 is 5.97 Å². The predicted molar refractivity (Wildman–Crippen MR) is 547 cm³/mol. The van der Waals surface area contributed by atoms with Crippen molar-refractivity contribution in [3.8, 4) is 5.75 Å². The monoisotopic (exact) mass is 1950 g/mol. The van der Waals surface area contributed by atoms with Crippen LogP contribution >= 0.6 is 23.2 Å². The number of carbonyl (C=O) groups excluding carboxylic acids is 1. The van der Waals surface area contributed by atoms with E-state index in [0.717, 1.165) is 180 Å². The number of carbonyl (C=O) groups is 1. The van der Waals surface area contributed by atoms with E-state index in [1.807, 2.05) is 30.4 Å². The molecule has 8 aliphatic rings. The lowest BCUT2D eigenvalue weighted by Gasteiger charge is -2.26. The summed E-state index contributed by atoms with van der Waals surface area (Å²) in [5.74, 6) is -2.64. The largest absolute Gasteiger partial charge is 0.423 e. The zero-order chi connectivity index (χ0) is 100. The Morgan fingerprint density at radius 1 is 0.299 bits per heavy atom. The molecule has 16 rings (SSSR count). The summed E-state index contributed by atoms with van der Waals surface area (Å²) in [6.45, 7) is 30.7. The molecule has 137 heavy (non-hydrogen) atoms. The highest BCUT2D eigenvalue weighted by Gasteiger charge is 2.30. The van der Waals surface area contributed by atoms with Crippen molar-refractivity contribution in [2.24, 2.45) is 71.0 Å². The fourth-order valence-corrected chi connectivity index (χ4v) is 19.7. The van der Waals surface area contributed by atoms with Gasteiger partial charge in [-0.25, -0.2) is 57.1 Å². The zero-order valence-corrected chi connectivity index (χ0v) is 85.1. The van der Waals surface area contributed by atoms with Gasteiger partial charge in [0, 0.05) is 22.4 Å². The number of allylic oxidation sites excluding steroid dienone is 9. The van der Waals surface area contributed by atoms with Gasteiger partial charge in [-0.3, -0.25) is 4.79 Å². The Kier molecular flexibility index (Phi) is 44.6. The molecule has 4 unspecified atom stereocenters. The van der Waals surface area contributed by atoms with Crippen LogP contribution < -0.4 is 4.74 Å². The molecular weight excluding hydrogens is 1800 g/mol. The summed E-state index contributed by atoms with van der Waals surface area (Å²) in [5.41, 5.74) is 11.6. The van der Waals surface area contributed by atoms with E-state index >= 15 is 0 Å². The van der Waals surface area contributed by atoms with Crippen molar-refractivity contribution in [1.82, 2.24) is 0 Å². The first kappa shape index (κ1) is 112. The van der Waals surface area contributed by atoms with Crippen molar-refractivity contribution in [2.75, 3.05) is 0 Å². The summed E-state index contributed by atoms with van der Waals surface area (Å²) in [6.07, 6.45) is 46.2. The minimum atomic E-state index is -1.09. The van der Waals surface area contributed by atoms with Crippen LogP contribution in [0.5, 0.6) is 5.75 Å². The molecule has 0 bridgehead atoms. The SMILES string of the molecule is Cc1ccc(C2=CCC(C)CC2)c(Cl)c1F.Cc1ccc(C2=CCC(C)CC2)c(Cl)c1F.Cc1ccc(C2=CCC(C)CC2)c(F)c1F.Cc1ccc(C2=CCC(C)CC2)c(F)c1F.Cc1ccc(C=CC2CCC(C)CC2)c(F)c1F.Cc1ccc(CCC2CCC(C)CC2)c(F)c1F.Cc1ccc(CCC2CCC(C)CC2)c(F)c1F.Cc1ccc(OC(=O)C2CCC(C)CC2)c(F)c1F.[HH].[HH].[HH].[HH]. The van der Waals surface area contributed by atoms with Gasteiger partial charge in [-0.05, 0) is 357 Å². The van der Waals surface area contributed by atoms with E-state index in [1.54, 1.807) is 127 Å². The van der Waals surface area contributed by atoms with Gasteiger partial charge in [0.05, 0.1) is 16.0 Å². The molecule has 18 heteroatoms. The Hall–Kier alpha value is -8.47. The van der Waals surface area contributed by atoms with Gasteiger partial charge in [0.15, 0.2) is 69.7 Å². The van der Waals surface area contributed by atoms with Gasteiger partial charge in [-0.15, -0.1) is 0 Å². The van der Waals surface area contributed by atoms with Crippen molar-refractivity contribution < 1.29 is 76.7 Å². The molecule has 8 aliphatic carbocycles. The number of hydrogen-bond acceptors (Lipinski definition) is 2. The summed E-state index contributed by atoms with van der Waals surface area (Å²) in [7, 11) is 0. The second kappa shape index (κ2) is 54.5. The molecule has 0 N–H and O–H groups in total. The molecule has 4 atom stereocenters. The Morgan fingerprint density at radius 3 is 0.920 bits per heavy atom. The molecule has 0 saturated heterocycles. The molecular formula is C119H154Cl2F14O2. The van der Waals surface area contributed by atoms with Gasteiger partial charge in [0.2, 0.25) is 5.82 Å². The van der Waals surface area contributed by atoms with Crippen molar-refractivity contribution >= 4 is 57.5 Å². The first-order valence-corrected chi connectivity index (χ1v) is 51.1. The number of aryl methyl sites for hydroxylation is 10. The van der Waals surface area contributed by atoms with Crippen LogP contribution in [0.2, 0.25) is 10.0 Å². The van der Waals surface area contributed by atoms with Crippen LogP contribution in [0.4, 0.5) is 61.5 Å². The molecule has 0 amide bonds. The molecule has 754 valence electrons. The summed E-state index contributed by atoms with van der Waals surface area (Å²) >= 11 is 12.1. The molecule has 8 aromatic rings. The van der Waals surface area contributed by atoms with Gasteiger partial charge in [0.1, 0.15) is 11.6 Å². The Balaban J connectivity index is 0.000000283. The van der Waals surface area contributed by atoms with Crippen LogP contribution in [0, 0.1) is 208 Å². The van der Waals surface area contributed by atoms with Crippen molar-refractivity contribution in [1.29, 1.82) is 0 Å². The minimum absolute atomic E-state index is 0. The van der Waals surface area contributed by atoms with Crippen molar-refractivity contribution in [3.05, 3.63) is 302 Å². The number of rotatable bonds is 14. The lowest BCUT2D eigenvalue weighted by molar-refractivity contribution is -0.140. The first-order chi connectivity index (χ1) is 65.1. The molecule has 0 radical (unpaired) electrons. The Labute approximate surface area is 824 Å². The summed E-state index contributed by atoms with van der Waals surface area (Å²) in [6, 6.07) is 26.9. The van der Waals surface area contributed by atoms with Crippen LogP contribution in [0.25, 0.3) is 28.4 Å². The van der Waals surface area contributed by atoms with Crippen LogP contribution in [0.3, 0.4) is 0 Å². The van der Waals surface area contributed by atoms with Crippen LogP contribution in [-0.4, -0.2) is 5.97 Å². The minimum Gasteiger partial charge on any atom is -0.423 e. The van der Waals surface area contributed by atoms with Gasteiger partial charge in [-0.2, -0.15) is 4.39 Å². The third-order valence-electron chi connectivity index (χ3n) is 29.5. The van der Waals surface area contributed by atoms with Gasteiger partial charge < -0.3 is 4.74 Å². The van der Waals surface area contributed by atoms with Gasteiger partial charge in [-0.1, -0.05) is 270 Å². The third kappa shape index (κ3) is 33.1. The molecule has 4 saturated carbocycles. The number of hydrogen-bond donors (Lipinski definition) is 0. The molecule has 8 aromatic carbocycles. The quantitative estimate of drug-likeness (QED) is 0.0616. The standard InChI is InChI=1S/2C16H22F2.C16H20F2.C15H18F2O2.2C14H16ClF.2C14H16F2.4H2/c3*1-11-3-6-13(7-4-11)8-10-14-9-5-12(2)15(17)16(14)18;1-9-3-6-11(7-4-9)15(18)19-12-8-5-10(2)13(16)14(12)17;2*1-9-3-6-11(7-4-9)12-8-5-10(2)14(16)13(12)15;2*1-9-3-6-11(7-4-9)12-8-5-10(2)13(15)14(12)16;;;;/h2*5,9,11,13H,3-4,6-8,10H2,1-2H3;5,8-11,13H,3-4,6-7H2,1-2H3;5,8-9,11H,3-4,6-7H2,1-2H3;4*5-6,8-9H,3-4,7H2,1-2H3;4*1H. The lowest BCUT2D eigenvalue weighted by Crippen LogP contribution is -2.25. The second-order valence-electron chi connectivity index (χ2n) is 41.2. The predicted octanol–water partition coefficient (Wildman–Crippen LogP) is 39.1. The number of esters is 1. The van der Waals surface area contributed by atoms with E-state index in [0.29, 0.717) is 115 Å². The highest BCUT2D eigenvalue weighted by atomic mass is 35.5. The molecule has 4 fully saturated rings. The molecule has 0 heterocycles. The van der Waals surface area contributed by atoms with Crippen LogP contribution in [0.1, 0.15) is 337 Å². The maximum Gasteiger partial charge on any atom is 0.314 e. The van der Waals surface area contributed by atoms with Crippen LogP contribution in [-0.2, 0) is 17.6 Å². The van der Waals surface area contributed by atoms with E-state index in [1.165, 1.54) is 94.4 Å². The topological polar surface area (TPSA) is 26.3 Å². The average Bonchev–Trinajstić information content (AvgIpc) is 0.810. The van der Waals surface area contributed by atoms with E-state index in [2.05, 4.69) is 67.5 Å².